The molecule has 3 aromatic rings. The Balaban J connectivity index is 2.18. The van der Waals surface area contributed by atoms with Gasteiger partial charge in [0.15, 0.2) is 10.4 Å². The van der Waals surface area contributed by atoms with Crippen molar-refractivity contribution in [3.63, 3.8) is 0 Å². The van der Waals surface area contributed by atoms with Crippen molar-refractivity contribution in [1.82, 2.24) is 9.97 Å². The fraction of sp³-hybridized carbons (Fsp3) is 0.167. The number of sulfone groups is 1. The maximum absolute atomic E-state index is 13.0. The van der Waals surface area contributed by atoms with Gasteiger partial charge in [0.05, 0.1) is 22.0 Å². The molecule has 2 aromatic carbocycles. The Bertz CT molecular complexity index is 1120. The lowest BCUT2D eigenvalue weighted by Gasteiger charge is -2.13. The summed E-state index contributed by atoms with van der Waals surface area (Å²) in [5, 5.41) is 7.93. The topological polar surface area (TPSA) is 83.7 Å². The maximum atomic E-state index is 13.0. The summed E-state index contributed by atoms with van der Waals surface area (Å²) in [6.45, 7) is 3.71. The maximum Gasteiger partial charge on any atom is 0.200 e. The van der Waals surface area contributed by atoms with E-state index < -0.39 is 15.1 Å². The highest BCUT2D eigenvalue weighted by atomic mass is 35.5. The van der Waals surface area contributed by atoms with Crippen LogP contribution >= 0.6 is 11.6 Å². The molecule has 7 heteroatoms. The van der Waals surface area contributed by atoms with Crippen LogP contribution in [0.15, 0.2) is 47.4 Å². The highest BCUT2D eigenvalue weighted by molar-refractivity contribution is 7.92. The quantitative estimate of drug-likeness (QED) is 0.696. The highest BCUT2D eigenvalue weighted by Gasteiger charge is 2.33. The van der Waals surface area contributed by atoms with E-state index in [1.807, 2.05) is 19.9 Å². The Morgan fingerprint density at radius 2 is 1.68 bits per heavy atom. The zero-order valence-electron chi connectivity index (χ0n) is 13.6. The molecule has 5 nitrogen and oxygen atoms in total. The van der Waals surface area contributed by atoms with Gasteiger partial charge in [-0.05, 0) is 49.2 Å². The van der Waals surface area contributed by atoms with Gasteiger partial charge in [-0.15, -0.1) is 0 Å². The Labute approximate surface area is 150 Å². The summed E-state index contributed by atoms with van der Waals surface area (Å²) in [6.07, 6.45) is 0. The first-order valence-corrected chi connectivity index (χ1v) is 9.40. The van der Waals surface area contributed by atoms with E-state index in [2.05, 4.69) is 9.97 Å². The van der Waals surface area contributed by atoms with E-state index in [0.717, 1.165) is 11.1 Å². The average molecular weight is 372 g/mol. The number of benzene rings is 2. The van der Waals surface area contributed by atoms with E-state index in [1.54, 1.807) is 36.4 Å². The molecule has 1 aromatic heterocycles. The summed E-state index contributed by atoms with van der Waals surface area (Å²) < 4.78 is 25.9. The summed E-state index contributed by atoms with van der Waals surface area (Å²) in [7, 11) is -3.98. The van der Waals surface area contributed by atoms with Gasteiger partial charge in [0.2, 0.25) is 9.84 Å². The molecule has 0 fully saturated rings. The molecule has 0 spiro atoms. The molecule has 1 unspecified atom stereocenters. The standard InChI is InChI=1S/C18H14ClN3O2S/c1-11-7-8-13(9-12(11)2)25(23,24)16(10-20)17-18(19)22-15-6-4-3-5-14(15)21-17/h3-9,16H,1-2H3. The third-order valence-corrected chi connectivity index (χ3v) is 6.17. The van der Waals surface area contributed by atoms with Crippen LogP contribution < -0.4 is 0 Å². The van der Waals surface area contributed by atoms with E-state index in [9.17, 15) is 13.7 Å². The van der Waals surface area contributed by atoms with Crippen molar-refractivity contribution in [2.75, 3.05) is 0 Å². The number of nitriles is 1. The Morgan fingerprint density at radius 1 is 1.04 bits per heavy atom. The first-order chi connectivity index (χ1) is 11.8. The number of para-hydroxylation sites is 2. The molecule has 0 bridgehead atoms. The van der Waals surface area contributed by atoms with E-state index in [4.69, 9.17) is 11.6 Å². The second kappa shape index (κ2) is 6.43. The van der Waals surface area contributed by atoms with Gasteiger partial charge in [-0.3, -0.25) is 0 Å². The van der Waals surface area contributed by atoms with Crippen LogP contribution in [0.5, 0.6) is 0 Å². The average Bonchev–Trinajstić information content (AvgIpc) is 2.58. The molecule has 0 saturated heterocycles. The Hall–Kier alpha value is -2.49. The summed E-state index contributed by atoms with van der Waals surface area (Å²) >= 11 is 6.14. The SMILES string of the molecule is Cc1ccc(S(=O)(=O)C(C#N)c2nc3ccccc3nc2Cl)cc1C. The molecule has 25 heavy (non-hydrogen) atoms. The number of halogens is 1. The number of hydrogen-bond acceptors (Lipinski definition) is 5. The van der Waals surface area contributed by atoms with Gasteiger partial charge in [0, 0.05) is 0 Å². The predicted octanol–water partition coefficient (Wildman–Crippen LogP) is 3.94. The fourth-order valence-corrected chi connectivity index (χ4v) is 4.24. The minimum absolute atomic E-state index is 0.0545. The second-order valence-corrected chi connectivity index (χ2v) is 8.08. The van der Waals surface area contributed by atoms with Gasteiger partial charge in [0.25, 0.3) is 0 Å². The lowest BCUT2D eigenvalue weighted by Crippen LogP contribution is -2.15. The summed E-state index contributed by atoms with van der Waals surface area (Å²) in [5.41, 5.74) is 2.76. The molecule has 1 heterocycles. The van der Waals surface area contributed by atoms with Gasteiger partial charge in [-0.1, -0.05) is 29.8 Å². The van der Waals surface area contributed by atoms with Crippen LogP contribution in [0.4, 0.5) is 0 Å². The minimum Gasteiger partial charge on any atom is -0.245 e. The third kappa shape index (κ3) is 3.09. The summed E-state index contributed by atoms with van der Waals surface area (Å²) in [5.74, 6) is 0. The number of nitrogens with zero attached hydrogens (tertiary/aromatic N) is 3. The van der Waals surface area contributed by atoms with Crippen molar-refractivity contribution in [2.24, 2.45) is 0 Å². The fourth-order valence-electron chi connectivity index (χ4n) is 2.46. The second-order valence-electron chi connectivity index (χ2n) is 5.69. The van der Waals surface area contributed by atoms with E-state index in [-0.39, 0.29) is 15.7 Å². The predicted molar refractivity (Wildman–Crippen MR) is 96.0 cm³/mol. The first-order valence-electron chi connectivity index (χ1n) is 7.47. The Kier molecular flexibility index (Phi) is 4.46. The van der Waals surface area contributed by atoms with Crippen LogP contribution in [0.2, 0.25) is 5.15 Å². The zero-order valence-corrected chi connectivity index (χ0v) is 15.1. The zero-order chi connectivity index (χ0) is 18.2. The number of aryl methyl sites for hydroxylation is 2. The van der Waals surface area contributed by atoms with Crippen molar-refractivity contribution in [2.45, 2.75) is 24.0 Å². The van der Waals surface area contributed by atoms with Gasteiger partial charge >= 0.3 is 0 Å². The molecule has 1 atom stereocenters. The molecular weight excluding hydrogens is 358 g/mol. The molecule has 0 aliphatic rings. The number of rotatable bonds is 3. The van der Waals surface area contributed by atoms with Gasteiger partial charge in [-0.2, -0.15) is 5.26 Å². The normalized spacial score (nSPS) is 12.7. The van der Waals surface area contributed by atoms with Crippen molar-refractivity contribution < 1.29 is 8.42 Å². The third-order valence-electron chi connectivity index (χ3n) is 4.04. The molecule has 0 saturated carbocycles. The summed E-state index contributed by atoms with van der Waals surface area (Å²) in [6, 6.07) is 13.5. The van der Waals surface area contributed by atoms with Crippen LogP contribution in [0.25, 0.3) is 11.0 Å². The lowest BCUT2D eigenvalue weighted by atomic mass is 10.1. The number of aromatic nitrogens is 2. The van der Waals surface area contributed by atoms with Crippen molar-refractivity contribution in [3.05, 3.63) is 64.4 Å². The summed E-state index contributed by atoms with van der Waals surface area (Å²) in [4.78, 5) is 8.52. The Morgan fingerprint density at radius 3 is 2.28 bits per heavy atom. The van der Waals surface area contributed by atoms with Gasteiger partial charge < -0.3 is 0 Å². The van der Waals surface area contributed by atoms with Crippen molar-refractivity contribution >= 4 is 32.5 Å². The molecular formula is C18H14ClN3O2S. The van der Waals surface area contributed by atoms with Gasteiger partial charge in [0.1, 0.15) is 5.69 Å². The van der Waals surface area contributed by atoms with Crippen LogP contribution in [-0.4, -0.2) is 18.4 Å². The highest BCUT2D eigenvalue weighted by Crippen LogP contribution is 2.32. The van der Waals surface area contributed by atoms with Crippen LogP contribution in [0, 0.1) is 25.2 Å². The molecule has 0 aliphatic carbocycles. The minimum atomic E-state index is -3.98. The van der Waals surface area contributed by atoms with Crippen LogP contribution in [-0.2, 0) is 9.84 Å². The van der Waals surface area contributed by atoms with Gasteiger partial charge in [-0.25, -0.2) is 18.4 Å². The molecule has 0 N–H and O–H groups in total. The number of hydrogen-bond donors (Lipinski definition) is 0. The van der Waals surface area contributed by atoms with Crippen LogP contribution in [0.1, 0.15) is 22.1 Å². The monoisotopic (exact) mass is 371 g/mol. The number of fused-ring (bicyclic) bond motifs is 1. The molecule has 3 rings (SSSR count). The van der Waals surface area contributed by atoms with Crippen molar-refractivity contribution in [3.8, 4) is 6.07 Å². The molecule has 0 amide bonds. The largest absolute Gasteiger partial charge is 0.245 e. The smallest absolute Gasteiger partial charge is 0.200 e. The first kappa shape index (κ1) is 17.3. The van der Waals surface area contributed by atoms with E-state index in [0.29, 0.717) is 11.0 Å². The molecule has 0 radical (unpaired) electrons. The van der Waals surface area contributed by atoms with Crippen molar-refractivity contribution in [1.29, 1.82) is 5.26 Å². The van der Waals surface area contributed by atoms with E-state index in [1.165, 1.54) is 6.07 Å². The van der Waals surface area contributed by atoms with E-state index >= 15 is 0 Å². The molecule has 0 aliphatic heterocycles. The lowest BCUT2D eigenvalue weighted by molar-refractivity contribution is 0.590. The molecule has 126 valence electrons. The van der Waals surface area contributed by atoms with Crippen LogP contribution in [0.3, 0.4) is 0 Å².